The summed E-state index contributed by atoms with van der Waals surface area (Å²) in [5, 5.41) is 5.89. The van der Waals surface area contributed by atoms with Gasteiger partial charge in [0.2, 0.25) is 5.91 Å². The molecule has 3 rings (SSSR count). The SMILES string of the molecule is Cc1ccc(C(C)NC(=O)/C=C/c2ccccc2OCc2csc(C)n2)o1. The highest BCUT2D eigenvalue weighted by Crippen LogP contribution is 2.21. The van der Waals surface area contributed by atoms with Gasteiger partial charge in [0.15, 0.2) is 0 Å². The van der Waals surface area contributed by atoms with E-state index in [2.05, 4.69) is 10.3 Å². The second-order valence-corrected chi connectivity index (χ2v) is 7.26. The van der Waals surface area contributed by atoms with Crippen LogP contribution in [-0.2, 0) is 11.4 Å². The van der Waals surface area contributed by atoms with Gasteiger partial charge in [-0.2, -0.15) is 0 Å². The Balaban J connectivity index is 1.61. The van der Waals surface area contributed by atoms with E-state index in [1.807, 2.05) is 62.5 Å². The summed E-state index contributed by atoms with van der Waals surface area (Å²) in [6.45, 7) is 6.13. The maximum atomic E-state index is 12.2. The summed E-state index contributed by atoms with van der Waals surface area (Å²) in [5.74, 6) is 2.07. The number of aryl methyl sites for hydroxylation is 2. The van der Waals surface area contributed by atoms with Crippen LogP contribution in [0.3, 0.4) is 0 Å². The first-order valence-electron chi connectivity index (χ1n) is 8.69. The molecule has 1 atom stereocenters. The molecule has 140 valence electrons. The fourth-order valence-electron chi connectivity index (χ4n) is 2.56. The van der Waals surface area contributed by atoms with Gasteiger partial charge in [0.05, 0.1) is 16.7 Å². The third-order valence-corrected chi connectivity index (χ3v) is 4.74. The highest BCUT2D eigenvalue weighted by Gasteiger charge is 2.11. The molecule has 0 saturated heterocycles. The van der Waals surface area contributed by atoms with Gasteiger partial charge in [0.1, 0.15) is 23.9 Å². The number of thiazole rings is 1. The van der Waals surface area contributed by atoms with E-state index < -0.39 is 0 Å². The molecule has 0 bridgehead atoms. The normalized spacial score (nSPS) is 12.3. The van der Waals surface area contributed by atoms with Crippen LogP contribution < -0.4 is 10.1 Å². The van der Waals surface area contributed by atoms with Crippen LogP contribution in [0.5, 0.6) is 5.75 Å². The largest absolute Gasteiger partial charge is 0.487 e. The number of carbonyl (C=O) groups is 1. The van der Waals surface area contributed by atoms with Gasteiger partial charge in [0, 0.05) is 17.0 Å². The third kappa shape index (κ3) is 5.31. The summed E-state index contributed by atoms with van der Waals surface area (Å²) in [5.41, 5.74) is 1.73. The molecule has 1 N–H and O–H groups in total. The molecule has 0 saturated carbocycles. The minimum Gasteiger partial charge on any atom is -0.487 e. The Kier molecular flexibility index (Phi) is 6.08. The molecule has 1 aromatic carbocycles. The first kappa shape index (κ1) is 18.9. The van der Waals surface area contributed by atoms with E-state index in [1.165, 1.54) is 6.08 Å². The zero-order valence-corrected chi connectivity index (χ0v) is 16.4. The number of furan rings is 1. The number of benzene rings is 1. The van der Waals surface area contributed by atoms with Gasteiger partial charge in [-0.3, -0.25) is 4.79 Å². The van der Waals surface area contributed by atoms with Gasteiger partial charge >= 0.3 is 0 Å². The molecule has 1 unspecified atom stereocenters. The van der Waals surface area contributed by atoms with Crippen LogP contribution in [0.2, 0.25) is 0 Å². The standard InChI is InChI=1S/C21H22N2O3S/c1-14-8-10-19(26-14)15(2)22-21(24)11-9-17-6-4-5-7-20(17)25-12-18-13-27-16(3)23-18/h4-11,13,15H,12H2,1-3H3,(H,22,24)/b11-9+. The number of hydrogen-bond donors (Lipinski definition) is 1. The van der Waals surface area contributed by atoms with E-state index in [0.717, 1.165) is 27.8 Å². The third-order valence-electron chi connectivity index (χ3n) is 3.92. The summed E-state index contributed by atoms with van der Waals surface area (Å²) in [7, 11) is 0. The van der Waals surface area contributed by atoms with Crippen LogP contribution in [0.4, 0.5) is 0 Å². The summed E-state index contributed by atoms with van der Waals surface area (Å²) in [6.07, 6.45) is 3.25. The molecule has 27 heavy (non-hydrogen) atoms. The number of nitrogens with zero attached hydrogens (tertiary/aromatic N) is 1. The predicted molar refractivity (Wildman–Crippen MR) is 107 cm³/mol. The molecule has 0 spiro atoms. The Bertz CT molecular complexity index is 942. The highest BCUT2D eigenvalue weighted by atomic mass is 32.1. The van der Waals surface area contributed by atoms with Crippen molar-refractivity contribution >= 4 is 23.3 Å². The Morgan fingerprint density at radius 3 is 2.81 bits per heavy atom. The van der Waals surface area contributed by atoms with Crippen molar-refractivity contribution in [3.63, 3.8) is 0 Å². The fourth-order valence-corrected chi connectivity index (χ4v) is 3.16. The number of aromatic nitrogens is 1. The van der Waals surface area contributed by atoms with Gasteiger partial charge in [-0.05, 0) is 45.0 Å². The van der Waals surface area contributed by atoms with Gasteiger partial charge in [-0.15, -0.1) is 11.3 Å². The number of nitrogens with one attached hydrogen (secondary N) is 1. The second-order valence-electron chi connectivity index (χ2n) is 6.20. The van der Waals surface area contributed by atoms with Crippen LogP contribution in [0.15, 0.2) is 52.3 Å². The average Bonchev–Trinajstić information content (AvgIpc) is 3.27. The van der Waals surface area contributed by atoms with E-state index in [4.69, 9.17) is 9.15 Å². The predicted octanol–water partition coefficient (Wildman–Crippen LogP) is 4.82. The molecular formula is C21H22N2O3S. The summed E-state index contributed by atoms with van der Waals surface area (Å²) >= 11 is 1.60. The molecule has 0 aliphatic heterocycles. The minimum absolute atomic E-state index is 0.193. The van der Waals surface area contributed by atoms with Crippen LogP contribution in [0.1, 0.15) is 40.8 Å². The second kappa shape index (κ2) is 8.68. The Hall–Kier alpha value is -2.86. The fraction of sp³-hybridized carbons (Fsp3) is 0.238. The molecular weight excluding hydrogens is 360 g/mol. The molecule has 1 amide bonds. The van der Waals surface area contributed by atoms with Crippen molar-refractivity contribution in [1.29, 1.82) is 0 Å². The lowest BCUT2D eigenvalue weighted by Gasteiger charge is -2.10. The Morgan fingerprint density at radius 1 is 1.30 bits per heavy atom. The topological polar surface area (TPSA) is 64.4 Å². The van der Waals surface area contributed by atoms with Crippen LogP contribution in [-0.4, -0.2) is 10.9 Å². The van der Waals surface area contributed by atoms with Gasteiger partial charge in [-0.1, -0.05) is 18.2 Å². The zero-order valence-electron chi connectivity index (χ0n) is 15.6. The quantitative estimate of drug-likeness (QED) is 0.595. The Morgan fingerprint density at radius 2 is 2.11 bits per heavy atom. The monoisotopic (exact) mass is 382 g/mol. The molecule has 0 fully saturated rings. The molecule has 6 heteroatoms. The lowest BCUT2D eigenvalue weighted by molar-refractivity contribution is -0.117. The first-order chi connectivity index (χ1) is 13.0. The number of para-hydroxylation sites is 1. The average molecular weight is 382 g/mol. The van der Waals surface area contributed by atoms with Crippen molar-refractivity contribution in [2.45, 2.75) is 33.4 Å². The molecule has 5 nitrogen and oxygen atoms in total. The molecule has 3 aromatic rings. The van der Waals surface area contributed by atoms with E-state index in [9.17, 15) is 4.79 Å². The highest BCUT2D eigenvalue weighted by molar-refractivity contribution is 7.09. The smallest absolute Gasteiger partial charge is 0.244 e. The van der Waals surface area contributed by atoms with Gasteiger partial charge in [-0.25, -0.2) is 4.98 Å². The van der Waals surface area contributed by atoms with Crippen molar-refractivity contribution in [2.24, 2.45) is 0 Å². The number of amides is 1. The van der Waals surface area contributed by atoms with Crippen molar-refractivity contribution in [3.8, 4) is 5.75 Å². The molecule has 0 radical (unpaired) electrons. The van der Waals surface area contributed by atoms with Gasteiger partial charge < -0.3 is 14.5 Å². The maximum absolute atomic E-state index is 12.2. The van der Waals surface area contributed by atoms with Crippen molar-refractivity contribution in [3.05, 3.63) is 75.6 Å². The van der Waals surface area contributed by atoms with E-state index in [-0.39, 0.29) is 11.9 Å². The lowest BCUT2D eigenvalue weighted by atomic mass is 10.2. The number of carbonyl (C=O) groups excluding carboxylic acids is 1. The molecule has 2 aromatic heterocycles. The lowest BCUT2D eigenvalue weighted by Crippen LogP contribution is -2.24. The minimum atomic E-state index is -0.199. The number of ether oxygens (including phenoxy) is 1. The summed E-state index contributed by atoms with van der Waals surface area (Å²) < 4.78 is 11.4. The number of hydrogen-bond acceptors (Lipinski definition) is 5. The van der Waals surface area contributed by atoms with Crippen molar-refractivity contribution < 1.29 is 13.9 Å². The van der Waals surface area contributed by atoms with Crippen LogP contribution in [0, 0.1) is 13.8 Å². The first-order valence-corrected chi connectivity index (χ1v) is 9.57. The van der Waals surface area contributed by atoms with Crippen LogP contribution in [0.25, 0.3) is 6.08 Å². The summed E-state index contributed by atoms with van der Waals surface area (Å²) in [6, 6.07) is 11.1. The van der Waals surface area contributed by atoms with E-state index in [1.54, 1.807) is 17.4 Å². The van der Waals surface area contributed by atoms with E-state index in [0.29, 0.717) is 12.4 Å². The molecule has 2 heterocycles. The zero-order chi connectivity index (χ0) is 19.2. The Labute approximate surface area is 162 Å². The molecule has 0 aliphatic rings. The van der Waals surface area contributed by atoms with Crippen molar-refractivity contribution in [2.75, 3.05) is 0 Å². The maximum Gasteiger partial charge on any atom is 0.244 e. The number of rotatable bonds is 7. The summed E-state index contributed by atoms with van der Waals surface area (Å²) in [4.78, 5) is 16.6. The van der Waals surface area contributed by atoms with Gasteiger partial charge in [0.25, 0.3) is 0 Å². The van der Waals surface area contributed by atoms with Crippen molar-refractivity contribution in [1.82, 2.24) is 10.3 Å². The van der Waals surface area contributed by atoms with E-state index >= 15 is 0 Å². The van der Waals surface area contributed by atoms with Crippen LogP contribution >= 0.6 is 11.3 Å². The molecule has 0 aliphatic carbocycles.